The highest BCUT2D eigenvalue weighted by molar-refractivity contribution is 7.95. The molecule has 34 heavy (non-hydrogen) atoms. The molecular weight excluding hydrogens is 444 g/mol. The maximum atomic E-state index is 12.3. The molecule has 0 aliphatic heterocycles. The second kappa shape index (κ2) is 10.3. The molecule has 0 amide bonds. The Kier molecular flexibility index (Phi) is 8.21. The fraction of sp³-hybridized carbons (Fsp3) is 0.655. The molecule has 3 aliphatic carbocycles. The van der Waals surface area contributed by atoms with Crippen LogP contribution < -0.4 is 0 Å². The summed E-state index contributed by atoms with van der Waals surface area (Å²) in [5.74, 6) is 1.48. The van der Waals surface area contributed by atoms with Gasteiger partial charge in [-0.1, -0.05) is 56.4 Å². The van der Waals surface area contributed by atoms with Gasteiger partial charge in [0.05, 0.1) is 17.0 Å². The predicted octanol–water partition coefficient (Wildman–Crippen LogP) is 6.05. The van der Waals surface area contributed by atoms with Crippen molar-refractivity contribution in [2.24, 2.45) is 23.2 Å². The minimum Gasteiger partial charge on any atom is -0.393 e. The van der Waals surface area contributed by atoms with Gasteiger partial charge in [-0.2, -0.15) is 0 Å². The number of aliphatic hydroxyl groups excluding tert-OH is 2. The Morgan fingerprint density at radius 1 is 1.15 bits per heavy atom. The maximum Gasteiger partial charge on any atom is 0.176 e. The van der Waals surface area contributed by atoms with Crippen molar-refractivity contribution in [1.29, 1.82) is 0 Å². The van der Waals surface area contributed by atoms with Crippen LogP contribution in [-0.4, -0.2) is 35.6 Å². The summed E-state index contributed by atoms with van der Waals surface area (Å²) in [6, 6.07) is 0. The summed E-state index contributed by atoms with van der Waals surface area (Å²) in [6.07, 6.45) is 15.7. The lowest BCUT2D eigenvalue weighted by Gasteiger charge is -2.44. The SMILES string of the molecule is C=C1/C(=C\C=C2/CCC[C@]3(C)[C@@H]([C@H](C)/C=C/C=C/S(=O)(=O)C(C)(C)C)CC[C@@H]23)CC(O)CC1O. The van der Waals surface area contributed by atoms with Crippen LogP contribution in [0.1, 0.15) is 79.6 Å². The summed E-state index contributed by atoms with van der Waals surface area (Å²) in [4.78, 5) is 0. The molecule has 190 valence electrons. The third-order valence-electron chi connectivity index (χ3n) is 8.57. The quantitative estimate of drug-likeness (QED) is 0.462. The first-order chi connectivity index (χ1) is 15.8. The molecule has 4 nitrogen and oxygen atoms in total. The van der Waals surface area contributed by atoms with Crippen molar-refractivity contribution in [2.75, 3.05) is 0 Å². The Labute approximate surface area is 207 Å². The standard InChI is InChI=1S/C29H44O4S/c1-20(10-7-8-17-34(32,33)28(3,4)5)25-14-15-26-22(11-9-16-29(25,26)6)12-13-23-18-24(30)19-27(31)21(23)2/h7-8,10,12-13,17,20,24-27,30-31H,2,9,11,14-16,18-19H2,1,3-6H3/b10-7+,17-8+,22-12+,23-13-/t20-,24?,25-,26+,27?,29-/m1/s1. The molecule has 3 fully saturated rings. The van der Waals surface area contributed by atoms with E-state index in [1.165, 1.54) is 36.7 Å². The number of hydrogen-bond donors (Lipinski definition) is 2. The van der Waals surface area contributed by atoms with E-state index in [1.54, 1.807) is 26.8 Å². The van der Waals surface area contributed by atoms with Crippen molar-refractivity contribution >= 4 is 9.84 Å². The molecule has 5 heteroatoms. The number of sulfone groups is 1. The molecule has 0 aromatic rings. The van der Waals surface area contributed by atoms with Crippen LogP contribution in [0.25, 0.3) is 0 Å². The second-order valence-electron chi connectivity index (χ2n) is 11.9. The molecule has 6 atom stereocenters. The van der Waals surface area contributed by atoms with Gasteiger partial charge in [-0.05, 0) is 93.6 Å². The number of rotatable bonds is 5. The lowest BCUT2D eigenvalue weighted by molar-refractivity contribution is 0.0862. The minimum atomic E-state index is -3.26. The van der Waals surface area contributed by atoms with E-state index in [9.17, 15) is 18.6 Å². The molecule has 0 radical (unpaired) electrons. The van der Waals surface area contributed by atoms with Gasteiger partial charge < -0.3 is 10.2 Å². The predicted molar refractivity (Wildman–Crippen MR) is 141 cm³/mol. The van der Waals surface area contributed by atoms with Crippen LogP contribution in [0.3, 0.4) is 0 Å². The third kappa shape index (κ3) is 5.68. The zero-order valence-electron chi connectivity index (χ0n) is 21.6. The first-order valence-electron chi connectivity index (χ1n) is 12.8. The largest absolute Gasteiger partial charge is 0.393 e. The van der Waals surface area contributed by atoms with Crippen molar-refractivity contribution in [3.05, 3.63) is 59.1 Å². The molecule has 3 saturated carbocycles. The molecule has 0 aromatic carbocycles. The Bertz CT molecular complexity index is 992. The van der Waals surface area contributed by atoms with Gasteiger partial charge in [-0.25, -0.2) is 8.42 Å². The summed E-state index contributed by atoms with van der Waals surface area (Å²) in [6.45, 7) is 13.9. The summed E-state index contributed by atoms with van der Waals surface area (Å²) >= 11 is 0. The van der Waals surface area contributed by atoms with Gasteiger partial charge in [0.25, 0.3) is 0 Å². The van der Waals surface area contributed by atoms with E-state index >= 15 is 0 Å². The van der Waals surface area contributed by atoms with Gasteiger partial charge in [0.15, 0.2) is 9.84 Å². The summed E-state index contributed by atoms with van der Waals surface area (Å²) < 4.78 is 23.8. The van der Waals surface area contributed by atoms with Crippen molar-refractivity contribution < 1.29 is 18.6 Å². The van der Waals surface area contributed by atoms with Crippen LogP contribution in [-0.2, 0) is 9.84 Å². The monoisotopic (exact) mass is 488 g/mol. The van der Waals surface area contributed by atoms with Crippen LogP contribution >= 0.6 is 0 Å². The minimum absolute atomic E-state index is 0.232. The van der Waals surface area contributed by atoms with Gasteiger partial charge in [-0.3, -0.25) is 0 Å². The Balaban J connectivity index is 1.73. The van der Waals surface area contributed by atoms with Crippen LogP contribution in [0, 0.1) is 23.2 Å². The lowest BCUT2D eigenvalue weighted by Crippen LogP contribution is -2.35. The van der Waals surface area contributed by atoms with Crippen molar-refractivity contribution in [3.8, 4) is 0 Å². The first-order valence-corrected chi connectivity index (χ1v) is 14.4. The molecule has 0 spiro atoms. The highest BCUT2D eigenvalue weighted by Gasteiger charge is 2.50. The maximum absolute atomic E-state index is 12.3. The van der Waals surface area contributed by atoms with E-state index in [1.807, 2.05) is 6.08 Å². The van der Waals surface area contributed by atoms with Crippen LogP contribution in [0.4, 0.5) is 0 Å². The fourth-order valence-electron chi connectivity index (χ4n) is 6.33. The molecule has 0 saturated heterocycles. The smallest absolute Gasteiger partial charge is 0.176 e. The lowest BCUT2D eigenvalue weighted by atomic mass is 9.61. The van der Waals surface area contributed by atoms with Crippen LogP contribution in [0.15, 0.2) is 59.1 Å². The van der Waals surface area contributed by atoms with Gasteiger partial charge in [0, 0.05) is 11.8 Å². The number of allylic oxidation sites excluding steroid dienone is 6. The molecule has 3 aliphatic rings. The van der Waals surface area contributed by atoms with Crippen molar-refractivity contribution in [3.63, 3.8) is 0 Å². The van der Waals surface area contributed by atoms with E-state index in [2.05, 4.69) is 38.7 Å². The second-order valence-corrected chi connectivity index (χ2v) is 14.5. The average molecular weight is 489 g/mol. The Morgan fingerprint density at radius 3 is 2.53 bits per heavy atom. The summed E-state index contributed by atoms with van der Waals surface area (Å²) in [5.41, 5.74) is 3.42. The fourth-order valence-corrected chi connectivity index (χ4v) is 7.04. The van der Waals surface area contributed by atoms with E-state index in [-0.39, 0.29) is 5.41 Å². The average Bonchev–Trinajstić information content (AvgIpc) is 3.09. The van der Waals surface area contributed by atoms with Gasteiger partial charge >= 0.3 is 0 Å². The van der Waals surface area contributed by atoms with Crippen molar-refractivity contribution in [2.45, 2.75) is 96.5 Å². The van der Waals surface area contributed by atoms with E-state index in [0.29, 0.717) is 30.6 Å². The first kappa shape index (κ1) is 27.2. The van der Waals surface area contributed by atoms with Crippen LogP contribution in [0.2, 0.25) is 0 Å². The normalized spacial score (nSPS) is 36.6. The zero-order valence-corrected chi connectivity index (χ0v) is 22.4. The number of aliphatic hydroxyl groups is 2. The summed E-state index contributed by atoms with van der Waals surface area (Å²) in [7, 11) is -3.26. The molecule has 0 bridgehead atoms. The van der Waals surface area contributed by atoms with E-state index in [0.717, 1.165) is 17.6 Å². The highest BCUT2D eigenvalue weighted by Crippen LogP contribution is 2.59. The molecule has 2 unspecified atom stereocenters. The molecular formula is C29H44O4S. The summed E-state index contributed by atoms with van der Waals surface area (Å²) in [5, 5.41) is 21.5. The molecule has 0 aromatic heterocycles. The highest BCUT2D eigenvalue weighted by atomic mass is 32.2. The number of fused-ring (bicyclic) bond motifs is 1. The van der Waals surface area contributed by atoms with E-state index < -0.39 is 26.8 Å². The van der Waals surface area contributed by atoms with Crippen LogP contribution in [0.5, 0.6) is 0 Å². The van der Waals surface area contributed by atoms with Gasteiger partial charge in [-0.15, -0.1) is 0 Å². The molecule has 0 heterocycles. The van der Waals surface area contributed by atoms with Gasteiger partial charge in [0.1, 0.15) is 0 Å². The Hall–Kier alpha value is -1.43. The molecule has 2 N–H and O–H groups in total. The van der Waals surface area contributed by atoms with Crippen molar-refractivity contribution in [1.82, 2.24) is 0 Å². The third-order valence-corrected chi connectivity index (χ3v) is 10.8. The topological polar surface area (TPSA) is 74.6 Å². The number of hydrogen-bond acceptors (Lipinski definition) is 4. The molecule has 3 rings (SSSR count). The van der Waals surface area contributed by atoms with E-state index in [4.69, 9.17) is 0 Å². The van der Waals surface area contributed by atoms with Gasteiger partial charge in [0.2, 0.25) is 0 Å². The zero-order chi connectivity index (χ0) is 25.3. The Morgan fingerprint density at radius 2 is 1.85 bits per heavy atom.